The number of furan rings is 1. The molecular formula is C26H27N3O7. The summed E-state index contributed by atoms with van der Waals surface area (Å²) in [5, 5.41) is 9.14. The predicted molar refractivity (Wildman–Crippen MR) is 129 cm³/mol. The quantitative estimate of drug-likeness (QED) is 0.383. The summed E-state index contributed by atoms with van der Waals surface area (Å²) in [5.74, 6) is 0.621. The van der Waals surface area contributed by atoms with E-state index in [0.717, 1.165) is 0 Å². The Morgan fingerprint density at radius 1 is 0.833 bits per heavy atom. The molecule has 0 aliphatic heterocycles. The third-order valence-corrected chi connectivity index (χ3v) is 4.72. The number of carbonyl (C=O) groups excluding carboxylic acids is 2. The highest BCUT2D eigenvalue weighted by Gasteiger charge is 2.19. The molecule has 2 aromatic carbocycles. The Morgan fingerprint density at radius 2 is 1.47 bits per heavy atom. The normalized spacial score (nSPS) is 10.2. The minimum atomic E-state index is -0.659. The van der Waals surface area contributed by atoms with E-state index < -0.39 is 11.8 Å². The van der Waals surface area contributed by atoms with Crippen LogP contribution in [0, 0.1) is 11.3 Å². The van der Waals surface area contributed by atoms with Crippen LogP contribution in [0.2, 0.25) is 0 Å². The summed E-state index contributed by atoms with van der Waals surface area (Å²) in [6.45, 7) is 6.59. The maximum atomic E-state index is 12.7. The minimum Gasteiger partial charge on any atom is -0.490 e. The zero-order valence-electron chi connectivity index (χ0n) is 20.3. The Balaban J connectivity index is 1.64. The number of amides is 2. The molecule has 0 saturated heterocycles. The van der Waals surface area contributed by atoms with Crippen LogP contribution in [-0.2, 0) is 6.61 Å². The molecule has 2 N–H and O–H groups in total. The summed E-state index contributed by atoms with van der Waals surface area (Å²) in [5.41, 5.74) is 5.26. The second-order valence-corrected chi connectivity index (χ2v) is 7.17. The van der Waals surface area contributed by atoms with Gasteiger partial charge in [-0.25, -0.2) is 0 Å². The standard InChI is InChI=1S/C26H27N3O7/c1-4-32-22-13-18(14-23(33-5-2)24(22)34-6-3)25(30)28-29-26(31)21-12-11-19(36-21)16-35-20-10-8-7-9-17(20)15-27/h7-14H,4-6,16H2,1-3H3,(H,28,30)(H,29,31). The number of hydrogen-bond donors (Lipinski definition) is 2. The van der Waals surface area contributed by atoms with Crippen molar-refractivity contribution in [3.63, 3.8) is 0 Å². The van der Waals surface area contributed by atoms with Crippen LogP contribution in [0.1, 0.15) is 53.0 Å². The van der Waals surface area contributed by atoms with E-state index in [0.29, 0.717) is 54.1 Å². The van der Waals surface area contributed by atoms with Crippen molar-refractivity contribution in [3.05, 3.63) is 71.2 Å². The smallest absolute Gasteiger partial charge is 0.305 e. The van der Waals surface area contributed by atoms with Crippen LogP contribution < -0.4 is 29.8 Å². The molecule has 3 rings (SSSR count). The van der Waals surface area contributed by atoms with Crippen LogP contribution in [-0.4, -0.2) is 31.6 Å². The predicted octanol–water partition coefficient (Wildman–Crippen LogP) is 4.00. The maximum absolute atomic E-state index is 12.7. The first-order chi connectivity index (χ1) is 17.5. The molecule has 0 bridgehead atoms. The van der Waals surface area contributed by atoms with Crippen LogP contribution in [0.15, 0.2) is 52.9 Å². The summed E-state index contributed by atoms with van der Waals surface area (Å²) in [6, 6.07) is 14.9. The van der Waals surface area contributed by atoms with Gasteiger partial charge in [-0.2, -0.15) is 5.26 Å². The summed E-state index contributed by atoms with van der Waals surface area (Å²) in [7, 11) is 0. The lowest BCUT2D eigenvalue weighted by molar-refractivity contribution is 0.0828. The Morgan fingerprint density at radius 3 is 2.11 bits per heavy atom. The summed E-state index contributed by atoms with van der Waals surface area (Å²) in [6.07, 6.45) is 0. The number of nitrogens with zero attached hydrogens (tertiary/aromatic N) is 1. The SMILES string of the molecule is CCOc1cc(C(=O)NNC(=O)c2ccc(COc3ccccc3C#N)o2)cc(OCC)c1OCC. The Bertz CT molecular complexity index is 1220. The number of carbonyl (C=O) groups is 2. The van der Waals surface area contributed by atoms with E-state index >= 15 is 0 Å². The lowest BCUT2D eigenvalue weighted by atomic mass is 10.1. The van der Waals surface area contributed by atoms with Crippen molar-refractivity contribution in [3.8, 4) is 29.1 Å². The lowest BCUT2D eigenvalue weighted by Gasteiger charge is -2.17. The number of hydrazine groups is 1. The van der Waals surface area contributed by atoms with E-state index in [2.05, 4.69) is 10.9 Å². The molecule has 0 spiro atoms. The molecule has 0 radical (unpaired) electrons. The van der Waals surface area contributed by atoms with Crippen molar-refractivity contribution >= 4 is 11.8 Å². The molecule has 0 unspecified atom stereocenters. The lowest BCUT2D eigenvalue weighted by Crippen LogP contribution is -2.41. The summed E-state index contributed by atoms with van der Waals surface area (Å²) >= 11 is 0. The molecule has 10 heteroatoms. The van der Waals surface area contributed by atoms with E-state index in [1.165, 1.54) is 18.2 Å². The molecule has 0 saturated carbocycles. The molecule has 36 heavy (non-hydrogen) atoms. The van der Waals surface area contributed by atoms with Crippen molar-refractivity contribution < 1.29 is 33.0 Å². The number of nitriles is 1. The molecular weight excluding hydrogens is 466 g/mol. The van der Waals surface area contributed by atoms with Crippen molar-refractivity contribution in [1.82, 2.24) is 10.9 Å². The van der Waals surface area contributed by atoms with Gasteiger partial charge < -0.3 is 23.4 Å². The molecule has 188 valence electrons. The van der Waals surface area contributed by atoms with Crippen LogP contribution in [0.5, 0.6) is 23.0 Å². The number of nitrogens with one attached hydrogen (secondary N) is 2. The van der Waals surface area contributed by atoms with E-state index in [1.54, 1.807) is 30.3 Å². The molecule has 1 aromatic heterocycles. The third kappa shape index (κ3) is 6.48. The van der Waals surface area contributed by atoms with Crippen LogP contribution in [0.4, 0.5) is 0 Å². The van der Waals surface area contributed by atoms with E-state index in [-0.39, 0.29) is 17.9 Å². The number of benzene rings is 2. The Kier molecular flexibility index (Phi) is 9.17. The fourth-order valence-corrected chi connectivity index (χ4v) is 3.18. The number of rotatable bonds is 11. The van der Waals surface area contributed by atoms with Gasteiger partial charge in [0.05, 0.1) is 25.4 Å². The zero-order valence-corrected chi connectivity index (χ0v) is 20.3. The first kappa shape index (κ1) is 26.0. The van der Waals surface area contributed by atoms with Gasteiger partial charge in [-0.15, -0.1) is 0 Å². The first-order valence-corrected chi connectivity index (χ1v) is 11.4. The van der Waals surface area contributed by atoms with Gasteiger partial charge in [0.15, 0.2) is 17.3 Å². The monoisotopic (exact) mass is 493 g/mol. The van der Waals surface area contributed by atoms with E-state index in [9.17, 15) is 9.59 Å². The van der Waals surface area contributed by atoms with Gasteiger partial charge in [-0.05, 0) is 57.2 Å². The average molecular weight is 494 g/mol. The highest BCUT2D eigenvalue weighted by Crippen LogP contribution is 2.39. The van der Waals surface area contributed by atoms with E-state index in [4.69, 9.17) is 28.6 Å². The fourth-order valence-electron chi connectivity index (χ4n) is 3.18. The number of ether oxygens (including phenoxy) is 4. The highest BCUT2D eigenvalue weighted by atomic mass is 16.5. The molecule has 2 amide bonds. The maximum Gasteiger partial charge on any atom is 0.305 e. The Hall–Kier alpha value is -4.65. The zero-order chi connectivity index (χ0) is 25.9. The van der Waals surface area contributed by atoms with Gasteiger partial charge in [0.1, 0.15) is 24.2 Å². The van der Waals surface area contributed by atoms with Crippen molar-refractivity contribution in [1.29, 1.82) is 5.26 Å². The first-order valence-electron chi connectivity index (χ1n) is 11.4. The molecule has 0 fully saturated rings. The van der Waals surface area contributed by atoms with Crippen molar-refractivity contribution in [2.24, 2.45) is 0 Å². The molecule has 10 nitrogen and oxygen atoms in total. The fraction of sp³-hybridized carbons (Fsp3) is 0.269. The van der Waals surface area contributed by atoms with Crippen molar-refractivity contribution in [2.75, 3.05) is 19.8 Å². The summed E-state index contributed by atoms with van der Waals surface area (Å²) in [4.78, 5) is 25.2. The second-order valence-electron chi connectivity index (χ2n) is 7.17. The van der Waals surface area contributed by atoms with Crippen LogP contribution in [0.25, 0.3) is 0 Å². The highest BCUT2D eigenvalue weighted by molar-refractivity contribution is 5.98. The Labute approximate surface area is 208 Å². The third-order valence-electron chi connectivity index (χ3n) is 4.72. The summed E-state index contributed by atoms with van der Waals surface area (Å²) < 4.78 is 28.0. The van der Waals surface area contributed by atoms with Crippen LogP contribution >= 0.6 is 0 Å². The van der Waals surface area contributed by atoms with Crippen molar-refractivity contribution in [2.45, 2.75) is 27.4 Å². The minimum absolute atomic E-state index is 0.0188. The van der Waals surface area contributed by atoms with Gasteiger partial charge in [0, 0.05) is 5.56 Å². The largest absolute Gasteiger partial charge is 0.490 e. The van der Waals surface area contributed by atoms with Gasteiger partial charge in [-0.1, -0.05) is 12.1 Å². The second kappa shape index (κ2) is 12.7. The van der Waals surface area contributed by atoms with Gasteiger partial charge in [0.25, 0.3) is 5.91 Å². The molecule has 0 atom stereocenters. The molecule has 3 aromatic rings. The van der Waals surface area contributed by atoms with Gasteiger partial charge >= 0.3 is 5.91 Å². The number of para-hydroxylation sites is 1. The molecule has 0 aliphatic carbocycles. The van der Waals surface area contributed by atoms with Crippen LogP contribution in [0.3, 0.4) is 0 Å². The topological polar surface area (TPSA) is 132 Å². The van der Waals surface area contributed by atoms with Gasteiger partial charge in [0.2, 0.25) is 5.75 Å². The number of hydrogen-bond acceptors (Lipinski definition) is 8. The molecule has 1 heterocycles. The average Bonchev–Trinajstić information content (AvgIpc) is 3.37. The van der Waals surface area contributed by atoms with E-state index in [1.807, 2.05) is 26.8 Å². The molecule has 0 aliphatic rings. The van der Waals surface area contributed by atoms with Gasteiger partial charge in [-0.3, -0.25) is 20.4 Å².